The first-order valence-corrected chi connectivity index (χ1v) is 7.17. The molecule has 5 heteroatoms. The largest absolute Gasteiger partial charge is 0.493 e. The third kappa shape index (κ3) is 2.74. The summed E-state index contributed by atoms with van der Waals surface area (Å²) in [5.41, 5.74) is 0.702. The molecule has 2 atom stereocenters. The third-order valence-corrected chi connectivity index (χ3v) is 3.75. The van der Waals surface area contributed by atoms with Crippen LogP contribution in [0.4, 0.5) is 0 Å². The average molecular weight is 289 g/mol. The number of amides is 1. The van der Waals surface area contributed by atoms with Crippen LogP contribution in [0.25, 0.3) is 11.0 Å². The maximum Gasteiger partial charge on any atom is 0.249 e. The second kappa shape index (κ2) is 5.77. The van der Waals surface area contributed by atoms with Crippen molar-refractivity contribution in [3.05, 3.63) is 30.0 Å². The standard InChI is InChI=1S/C16H19NO4/c1-10(17-16(18)13-7-4-8-20-13)14-9-11-5-3-6-12(19-2)15(11)21-14/h3,5-6,9-10,13H,4,7-8H2,1-2H3,(H,17,18)/t10-,13+/m0/s1. The zero-order valence-electron chi connectivity index (χ0n) is 12.2. The van der Waals surface area contributed by atoms with E-state index in [2.05, 4.69) is 5.32 Å². The molecular weight excluding hydrogens is 270 g/mol. The zero-order valence-corrected chi connectivity index (χ0v) is 12.2. The summed E-state index contributed by atoms with van der Waals surface area (Å²) in [6, 6.07) is 7.44. The van der Waals surface area contributed by atoms with Crippen LogP contribution in [0.2, 0.25) is 0 Å². The Labute approximate surface area is 123 Å². The van der Waals surface area contributed by atoms with E-state index in [-0.39, 0.29) is 18.1 Å². The average Bonchev–Trinajstić information content (AvgIpc) is 3.15. The molecule has 0 unspecified atom stereocenters. The Bertz CT molecular complexity index is 643. The second-order valence-electron chi connectivity index (χ2n) is 5.26. The number of nitrogens with one attached hydrogen (secondary N) is 1. The van der Waals surface area contributed by atoms with E-state index in [1.165, 1.54) is 0 Å². The monoisotopic (exact) mass is 289 g/mol. The molecule has 112 valence electrons. The number of carbonyl (C=O) groups is 1. The van der Waals surface area contributed by atoms with Crippen molar-refractivity contribution >= 4 is 16.9 Å². The van der Waals surface area contributed by atoms with E-state index in [1.807, 2.05) is 31.2 Å². The highest BCUT2D eigenvalue weighted by Gasteiger charge is 2.25. The molecule has 1 fully saturated rings. The van der Waals surface area contributed by atoms with E-state index in [0.29, 0.717) is 23.7 Å². The number of methoxy groups -OCH3 is 1. The van der Waals surface area contributed by atoms with E-state index in [4.69, 9.17) is 13.9 Å². The third-order valence-electron chi connectivity index (χ3n) is 3.75. The van der Waals surface area contributed by atoms with Gasteiger partial charge in [-0.1, -0.05) is 12.1 Å². The molecule has 3 rings (SSSR count). The summed E-state index contributed by atoms with van der Waals surface area (Å²) >= 11 is 0. The minimum Gasteiger partial charge on any atom is -0.493 e. The maximum absolute atomic E-state index is 12.1. The highest BCUT2D eigenvalue weighted by molar-refractivity contribution is 5.84. The first kappa shape index (κ1) is 13.9. The van der Waals surface area contributed by atoms with Gasteiger partial charge in [-0.15, -0.1) is 0 Å². The van der Waals surface area contributed by atoms with Gasteiger partial charge in [0, 0.05) is 12.0 Å². The van der Waals surface area contributed by atoms with Gasteiger partial charge in [0.2, 0.25) is 5.91 Å². The molecule has 0 saturated carbocycles. The SMILES string of the molecule is COc1cccc2cc([C@H](C)NC(=O)[C@H]3CCCO3)oc12. The summed E-state index contributed by atoms with van der Waals surface area (Å²) in [5.74, 6) is 1.32. The molecule has 1 N–H and O–H groups in total. The van der Waals surface area contributed by atoms with Gasteiger partial charge in [-0.2, -0.15) is 0 Å². The molecule has 1 aromatic heterocycles. The zero-order chi connectivity index (χ0) is 14.8. The van der Waals surface area contributed by atoms with Crippen molar-refractivity contribution in [3.63, 3.8) is 0 Å². The lowest BCUT2D eigenvalue weighted by molar-refractivity contribution is -0.130. The summed E-state index contributed by atoms with van der Waals surface area (Å²) < 4.78 is 16.5. The highest BCUT2D eigenvalue weighted by atomic mass is 16.5. The molecule has 0 spiro atoms. The molecule has 0 radical (unpaired) electrons. The number of hydrogen-bond donors (Lipinski definition) is 1. The van der Waals surface area contributed by atoms with Gasteiger partial charge in [-0.05, 0) is 31.9 Å². The number of fused-ring (bicyclic) bond motifs is 1. The van der Waals surface area contributed by atoms with Crippen molar-refractivity contribution in [1.29, 1.82) is 0 Å². The minimum atomic E-state index is -0.327. The lowest BCUT2D eigenvalue weighted by Crippen LogP contribution is -2.35. The van der Waals surface area contributed by atoms with Gasteiger partial charge in [0.25, 0.3) is 0 Å². The number of carbonyl (C=O) groups excluding carboxylic acids is 1. The van der Waals surface area contributed by atoms with Crippen molar-refractivity contribution in [3.8, 4) is 5.75 Å². The summed E-state index contributed by atoms with van der Waals surface area (Å²) in [6.07, 6.45) is 1.40. The van der Waals surface area contributed by atoms with E-state index in [1.54, 1.807) is 7.11 Å². The topological polar surface area (TPSA) is 60.7 Å². The van der Waals surface area contributed by atoms with Crippen LogP contribution in [0.5, 0.6) is 5.75 Å². The molecule has 0 aliphatic carbocycles. The van der Waals surface area contributed by atoms with Gasteiger partial charge in [0.1, 0.15) is 11.9 Å². The first-order chi connectivity index (χ1) is 10.2. The minimum absolute atomic E-state index is 0.0765. The summed E-state index contributed by atoms with van der Waals surface area (Å²) in [7, 11) is 1.61. The molecule has 2 aromatic rings. The fourth-order valence-electron chi connectivity index (χ4n) is 2.59. The van der Waals surface area contributed by atoms with Gasteiger partial charge in [-0.3, -0.25) is 4.79 Å². The number of furan rings is 1. The lowest BCUT2D eigenvalue weighted by atomic mass is 10.2. The molecular formula is C16H19NO4. The van der Waals surface area contributed by atoms with Crippen molar-refractivity contribution in [1.82, 2.24) is 5.32 Å². The van der Waals surface area contributed by atoms with Crippen LogP contribution >= 0.6 is 0 Å². The number of hydrogen-bond acceptors (Lipinski definition) is 4. The second-order valence-corrected chi connectivity index (χ2v) is 5.26. The number of ether oxygens (including phenoxy) is 2. The van der Waals surface area contributed by atoms with Crippen molar-refractivity contribution < 1.29 is 18.7 Å². The number of rotatable bonds is 4. The Hall–Kier alpha value is -2.01. The van der Waals surface area contributed by atoms with Crippen LogP contribution in [-0.2, 0) is 9.53 Å². The molecule has 5 nitrogen and oxygen atoms in total. The van der Waals surface area contributed by atoms with Gasteiger partial charge in [0.15, 0.2) is 11.3 Å². The van der Waals surface area contributed by atoms with Crippen LogP contribution < -0.4 is 10.1 Å². The molecule has 1 amide bonds. The number of benzene rings is 1. The normalized spacial score (nSPS) is 19.6. The fourth-order valence-corrected chi connectivity index (χ4v) is 2.59. The predicted octanol–water partition coefficient (Wildman–Crippen LogP) is 2.80. The van der Waals surface area contributed by atoms with E-state index in [0.717, 1.165) is 18.2 Å². The Balaban J connectivity index is 1.78. The maximum atomic E-state index is 12.1. The molecule has 21 heavy (non-hydrogen) atoms. The molecule has 1 aromatic carbocycles. The van der Waals surface area contributed by atoms with E-state index < -0.39 is 0 Å². The first-order valence-electron chi connectivity index (χ1n) is 7.17. The van der Waals surface area contributed by atoms with Gasteiger partial charge < -0.3 is 19.2 Å². The van der Waals surface area contributed by atoms with Crippen LogP contribution in [0.15, 0.2) is 28.7 Å². The summed E-state index contributed by atoms with van der Waals surface area (Å²) in [6.45, 7) is 2.56. The van der Waals surface area contributed by atoms with Crippen molar-refractivity contribution in [2.75, 3.05) is 13.7 Å². The van der Waals surface area contributed by atoms with Gasteiger partial charge in [0.05, 0.1) is 13.2 Å². The lowest BCUT2D eigenvalue weighted by Gasteiger charge is -2.14. The van der Waals surface area contributed by atoms with Crippen LogP contribution in [0, 0.1) is 0 Å². The van der Waals surface area contributed by atoms with Crippen LogP contribution in [0.1, 0.15) is 31.6 Å². The van der Waals surface area contributed by atoms with E-state index in [9.17, 15) is 4.79 Å². The van der Waals surface area contributed by atoms with E-state index >= 15 is 0 Å². The Morgan fingerprint density at radius 1 is 1.48 bits per heavy atom. The van der Waals surface area contributed by atoms with Gasteiger partial charge in [-0.25, -0.2) is 0 Å². The van der Waals surface area contributed by atoms with Crippen molar-refractivity contribution in [2.24, 2.45) is 0 Å². The molecule has 2 heterocycles. The van der Waals surface area contributed by atoms with Gasteiger partial charge >= 0.3 is 0 Å². The smallest absolute Gasteiger partial charge is 0.249 e. The molecule has 1 aliphatic rings. The Morgan fingerprint density at radius 2 is 2.33 bits per heavy atom. The highest BCUT2D eigenvalue weighted by Crippen LogP contribution is 2.31. The molecule has 1 aliphatic heterocycles. The summed E-state index contributed by atoms with van der Waals surface area (Å²) in [4.78, 5) is 12.1. The summed E-state index contributed by atoms with van der Waals surface area (Å²) in [5, 5.41) is 3.90. The predicted molar refractivity (Wildman–Crippen MR) is 78.3 cm³/mol. The van der Waals surface area contributed by atoms with Crippen LogP contribution in [0.3, 0.4) is 0 Å². The Kier molecular flexibility index (Phi) is 3.84. The fraction of sp³-hybridized carbons (Fsp3) is 0.438. The van der Waals surface area contributed by atoms with Crippen molar-refractivity contribution in [2.45, 2.75) is 31.9 Å². The number of para-hydroxylation sites is 1. The quantitative estimate of drug-likeness (QED) is 0.940. The van der Waals surface area contributed by atoms with Crippen LogP contribution in [-0.4, -0.2) is 25.7 Å². The Morgan fingerprint density at radius 3 is 3.05 bits per heavy atom. The molecule has 0 bridgehead atoms. The molecule has 1 saturated heterocycles.